The second kappa shape index (κ2) is 25.5. The molecular weight excluding hydrogens is 798 g/mol. The van der Waals surface area contributed by atoms with Gasteiger partial charge in [-0.05, 0) is 76.1 Å². The van der Waals surface area contributed by atoms with Crippen molar-refractivity contribution >= 4 is 47.3 Å². The van der Waals surface area contributed by atoms with Crippen LogP contribution in [0.3, 0.4) is 0 Å². The van der Waals surface area contributed by atoms with Gasteiger partial charge < -0.3 is 69.4 Å². The first kappa shape index (κ1) is 51.0. The van der Waals surface area contributed by atoms with Gasteiger partial charge in [0.15, 0.2) is 0 Å². The van der Waals surface area contributed by atoms with E-state index < -0.39 is 95.7 Å². The Bertz CT molecular complexity index is 1770. The Hall–Kier alpha value is -6.13. The molecule has 0 radical (unpaired) electrons. The van der Waals surface area contributed by atoms with Crippen molar-refractivity contribution in [3.05, 3.63) is 48.0 Å². The normalized spacial score (nSPS) is 15.1. The van der Waals surface area contributed by atoms with Gasteiger partial charge >= 0.3 is 5.97 Å². The number of H-pyrrole nitrogens is 1. The third-order valence-electron chi connectivity index (χ3n) is 9.37. The largest absolute Gasteiger partial charge is 0.508 e. The van der Waals surface area contributed by atoms with Gasteiger partial charge in [-0.3, -0.25) is 33.6 Å². The summed E-state index contributed by atoms with van der Waals surface area (Å²) in [6.07, 6.45) is 1.41. The fourth-order valence-electron chi connectivity index (χ4n) is 5.96. The van der Waals surface area contributed by atoms with E-state index >= 15 is 0 Å². The molecule has 1 aromatic carbocycles. The van der Waals surface area contributed by atoms with Crippen molar-refractivity contribution in [2.24, 2.45) is 23.1 Å². The number of aromatic amines is 1. The molecule has 0 aliphatic carbocycles. The Morgan fingerprint density at radius 3 is 1.84 bits per heavy atom. The number of imidazole rings is 1. The Kier molecular flexibility index (Phi) is 21.3. The average molecular weight is 860 g/mol. The molecule has 8 atom stereocenters. The molecule has 0 bridgehead atoms. The number of benzene rings is 1. The van der Waals surface area contributed by atoms with Gasteiger partial charge in [-0.15, -0.1) is 0 Å². The van der Waals surface area contributed by atoms with Gasteiger partial charge in [0.25, 0.3) is 0 Å². The molecule has 0 spiro atoms. The first-order valence-electron chi connectivity index (χ1n) is 19.9. The van der Waals surface area contributed by atoms with E-state index in [9.17, 15) is 53.7 Å². The highest BCUT2D eigenvalue weighted by Gasteiger charge is 2.35. The third-order valence-corrected chi connectivity index (χ3v) is 9.37. The Morgan fingerprint density at radius 1 is 0.721 bits per heavy atom. The lowest BCUT2D eigenvalue weighted by molar-refractivity contribution is -0.143. The van der Waals surface area contributed by atoms with Gasteiger partial charge in [0.1, 0.15) is 42.0 Å². The first-order chi connectivity index (χ1) is 28.7. The molecule has 2 rings (SSSR count). The maximum Gasteiger partial charge on any atom is 0.326 e. The minimum absolute atomic E-state index is 0.0286. The highest BCUT2D eigenvalue weighted by molar-refractivity contribution is 5.97. The van der Waals surface area contributed by atoms with Crippen LogP contribution < -0.4 is 49.1 Å². The van der Waals surface area contributed by atoms with Gasteiger partial charge in [-0.2, -0.15) is 0 Å². The number of phenolic OH excluding ortho intramolecular Hbond substituents is 1. The molecule has 0 saturated carbocycles. The summed E-state index contributed by atoms with van der Waals surface area (Å²) in [6, 6.07) is -3.81. The summed E-state index contributed by atoms with van der Waals surface area (Å²) in [5.41, 5.74) is 18.1. The van der Waals surface area contributed by atoms with Crippen LogP contribution in [0.5, 0.6) is 5.75 Å². The number of hydrogen-bond acceptors (Lipinski definition) is 13. The summed E-state index contributed by atoms with van der Waals surface area (Å²) in [6.45, 7) is 6.39. The van der Waals surface area contributed by atoms with Crippen LogP contribution in [0.4, 0.5) is 0 Å². The smallest absolute Gasteiger partial charge is 0.326 e. The van der Waals surface area contributed by atoms with E-state index in [1.54, 1.807) is 13.8 Å². The molecule has 1 aromatic heterocycles. The molecular formula is C39H61N11O11. The number of aromatic hydroxyl groups is 1. The predicted molar refractivity (Wildman–Crippen MR) is 219 cm³/mol. The number of carboxylic acids is 1. The zero-order valence-electron chi connectivity index (χ0n) is 34.8. The fourth-order valence-corrected chi connectivity index (χ4v) is 5.96. The van der Waals surface area contributed by atoms with E-state index in [1.165, 1.54) is 50.6 Å². The second-order valence-electron chi connectivity index (χ2n) is 15.2. The van der Waals surface area contributed by atoms with E-state index in [1.807, 2.05) is 0 Å². The number of aliphatic hydroxyl groups is 1. The van der Waals surface area contributed by atoms with Crippen LogP contribution in [-0.2, 0) is 51.2 Å². The molecule has 1 heterocycles. The van der Waals surface area contributed by atoms with E-state index in [0.29, 0.717) is 24.1 Å². The van der Waals surface area contributed by atoms with E-state index in [-0.39, 0.29) is 56.7 Å². The van der Waals surface area contributed by atoms with Crippen molar-refractivity contribution in [1.29, 1.82) is 0 Å². The van der Waals surface area contributed by atoms with Gasteiger partial charge in [-0.1, -0.05) is 26.0 Å². The van der Waals surface area contributed by atoms with Crippen LogP contribution in [0.1, 0.15) is 77.5 Å². The van der Waals surface area contributed by atoms with Crippen LogP contribution in [0.2, 0.25) is 0 Å². The number of carbonyl (C=O) groups excluding carboxylic acids is 7. The molecule has 22 nitrogen and oxygen atoms in total. The molecule has 0 aliphatic rings. The molecule has 61 heavy (non-hydrogen) atoms. The van der Waals surface area contributed by atoms with Crippen molar-refractivity contribution in [2.75, 3.05) is 6.54 Å². The average Bonchev–Trinajstić information content (AvgIpc) is 3.70. The Morgan fingerprint density at radius 2 is 1.30 bits per heavy atom. The number of amides is 7. The summed E-state index contributed by atoms with van der Waals surface area (Å²) in [7, 11) is 0. The van der Waals surface area contributed by atoms with Gasteiger partial charge in [0.05, 0.1) is 18.5 Å². The highest BCUT2D eigenvalue weighted by atomic mass is 16.4. The van der Waals surface area contributed by atoms with Crippen molar-refractivity contribution in [3.63, 3.8) is 0 Å². The number of nitrogens with two attached hydrogens (primary N) is 3. The number of carboxylic acid groups (broad SMARTS) is 1. The minimum atomic E-state index is -1.69. The van der Waals surface area contributed by atoms with Gasteiger partial charge in [0, 0.05) is 31.2 Å². The van der Waals surface area contributed by atoms with Crippen molar-refractivity contribution in [1.82, 2.24) is 41.9 Å². The summed E-state index contributed by atoms with van der Waals surface area (Å²) in [5, 5.41) is 44.7. The number of primary amides is 1. The van der Waals surface area contributed by atoms with Crippen molar-refractivity contribution in [3.8, 4) is 5.75 Å². The molecule has 7 amide bonds. The zero-order chi connectivity index (χ0) is 45.8. The molecule has 338 valence electrons. The van der Waals surface area contributed by atoms with Crippen LogP contribution in [-0.4, -0.2) is 128 Å². The first-order valence-corrected chi connectivity index (χ1v) is 19.9. The number of hydrogen-bond donors (Lipinski definition) is 13. The van der Waals surface area contributed by atoms with Crippen LogP contribution in [0.25, 0.3) is 0 Å². The lowest BCUT2D eigenvalue weighted by Gasteiger charge is -2.28. The number of unbranched alkanes of at least 4 members (excludes halogenated alkanes) is 1. The van der Waals surface area contributed by atoms with E-state index in [0.717, 1.165) is 0 Å². The standard InChI is InChI=1S/C39H61N11O11/c1-20(2)15-29(48-33(54)21(3)45-34(55)26(41)17-24-18-43-19-44-24)37(58)47-28(12-13-31(42)53)35(56)46-27(7-5-6-14-40)36(57)50-32(22(4)51)38(59)49-30(39(60)61)16-23-8-10-25(52)11-9-23/h8-11,18-22,26-30,32,51-52H,5-7,12-17,40-41H2,1-4H3,(H2,42,53)(H,43,44)(H,45,55)(H,46,56)(H,47,58)(H,48,54)(H,49,59)(H,50,57)(H,60,61)/t21-,22+,26-,27-,28-,29-,30-,32-/m0/s1. The van der Waals surface area contributed by atoms with Gasteiger partial charge in [0.2, 0.25) is 41.4 Å². The maximum absolute atomic E-state index is 13.8. The number of aliphatic carboxylic acids is 1. The minimum Gasteiger partial charge on any atom is -0.508 e. The molecule has 0 fully saturated rings. The number of carbonyl (C=O) groups is 8. The summed E-state index contributed by atoms with van der Waals surface area (Å²) in [4.78, 5) is 111. The Balaban J connectivity index is 2.24. The summed E-state index contributed by atoms with van der Waals surface area (Å²) >= 11 is 0. The van der Waals surface area contributed by atoms with Crippen molar-refractivity contribution < 1.29 is 53.7 Å². The maximum atomic E-state index is 13.8. The zero-order valence-corrected chi connectivity index (χ0v) is 34.8. The number of nitrogens with one attached hydrogen (secondary N) is 7. The fraction of sp³-hybridized carbons (Fsp3) is 0.564. The van der Waals surface area contributed by atoms with Crippen LogP contribution in [0, 0.1) is 5.92 Å². The number of phenols is 1. The number of aromatic nitrogens is 2. The van der Waals surface area contributed by atoms with Crippen LogP contribution >= 0.6 is 0 Å². The summed E-state index contributed by atoms with van der Waals surface area (Å²) in [5.74, 6) is -7.53. The monoisotopic (exact) mass is 859 g/mol. The lowest BCUT2D eigenvalue weighted by atomic mass is 10.0. The molecule has 0 unspecified atom stereocenters. The predicted octanol–water partition coefficient (Wildman–Crippen LogP) is -2.94. The number of nitrogens with zero attached hydrogens (tertiary/aromatic N) is 1. The van der Waals surface area contributed by atoms with Crippen molar-refractivity contribution in [2.45, 2.75) is 127 Å². The highest BCUT2D eigenvalue weighted by Crippen LogP contribution is 2.13. The number of aliphatic hydroxyl groups excluding tert-OH is 1. The molecule has 22 heteroatoms. The summed E-state index contributed by atoms with van der Waals surface area (Å²) < 4.78 is 0. The Labute approximate surface area is 353 Å². The van der Waals surface area contributed by atoms with Crippen LogP contribution in [0.15, 0.2) is 36.8 Å². The third kappa shape index (κ3) is 18.4. The lowest BCUT2D eigenvalue weighted by Crippen LogP contribution is -2.61. The topological polar surface area (TPSA) is 376 Å². The quantitative estimate of drug-likeness (QED) is 0.0400. The second-order valence-corrected chi connectivity index (χ2v) is 15.2. The molecule has 0 aliphatic heterocycles. The van der Waals surface area contributed by atoms with E-state index in [4.69, 9.17) is 17.2 Å². The SMILES string of the molecule is CC(C)C[C@H](NC(=O)[C@H](C)NC(=O)[C@@H](N)Cc1cnc[nH]1)C(=O)N[C@@H](CCC(N)=O)C(=O)N[C@@H](CCCCN)C(=O)N[C@H](C(=O)N[C@@H](Cc1ccc(O)cc1)C(=O)O)[C@@H](C)O. The van der Waals surface area contributed by atoms with E-state index in [2.05, 4.69) is 41.9 Å². The van der Waals surface area contributed by atoms with Gasteiger partial charge in [-0.25, -0.2) is 9.78 Å². The molecule has 0 saturated heterocycles. The number of rotatable bonds is 27. The molecule has 2 aromatic rings. The molecule has 16 N–H and O–H groups in total.